The van der Waals surface area contributed by atoms with Crippen LogP contribution in [0.15, 0.2) is 18.2 Å². The largest absolute Gasteiger partial charge is 0.490 e. The number of nitrogen functional groups attached to an aromatic ring is 1. The van der Waals surface area contributed by atoms with Crippen molar-refractivity contribution in [2.75, 3.05) is 12.3 Å². The minimum absolute atomic E-state index is 0.130. The molecule has 16 heavy (non-hydrogen) atoms. The number of anilines is 1. The fraction of sp³-hybridized carbons (Fsp3) is 0.333. The maximum Gasteiger partial charge on any atom is 0.417 e. The zero-order valence-electron chi connectivity index (χ0n) is 7.96. The highest BCUT2D eigenvalue weighted by Gasteiger charge is 2.38. The summed E-state index contributed by atoms with van der Waals surface area (Å²) in [7, 11) is 0. The van der Waals surface area contributed by atoms with E-state index >= 15 is 0 Å². The molecule has 0 spiro atoms. The number of nitrogens with two attached hydrogens (primary N) is 1. The number of rotatable bonds is 3. The summed E-state index contributed by atoms with van der Waals surface area (Å²) in [6.45, 7) is -0.993. The van der Waals surface area contributed by atoms with Crippen LogP contribution in [0.2, 0.25) is 0 Å². The first-order valence-corrected chi connectivity index (χ1v) is 4.23. The van der Waals surface area contributed by atoms with Crippen LogP contribution in [-0.4, -0.2) is 24.0 Å². The standard InChI is InChI=1S/C9H9F4NO2/c10-6-3-5(1-2-7(6)14)16-4-8(15)9(11,12)13/h1-3,8,15H,4,14H2. The zero-order chi connectivity index (χ0) is 12.3. The average molecular weight is 239 g/mol. The number of aliphatic hydroxyl groups excluding tert-OH is 1. The van der Waals surface area contributed by atoms with Crippen molar-refractivity contribution in [1.29, 1.82) is 0 Å². The SMILES string of the molecule is Nc1ccc(OCC(O)C(F)(F)F)cc1F. The molecule has 0 saturated carbocycles. The molecule has 90 valence electrons. The van der Waals surface area contributed by atoms with Gasteiger partial charge in [-0.15, -0.1) is 0 Å². The van der Waals surface area contributed by atoms with Gasteiger partial charge in [0, 0.05) is 6.07 Å². The molecule has 1 atom stereocenters. The molecule has 0 saturated heterocycles. The topological polar surface area (TPSA) is 55.5 Å². The van der Waals surface area contributed by atoms with E-state index in [0.29, 0.717) is 0 Å². The lowest BCUT2D eigenvalue weighted by molar-refractivity contribution is -0.210. The molecular formula is C9H9F4NO2. The van der Waals surface area contributed by atoms with E-state index in [9.17, 15) is 17.6 Å². The van der Waals surface area contributed by atoms with E-state index in [0.717, 1.165) is 12.1 Å². The molecule has 0 bridgehead atoms. The number of benzene rings is 1. The molecule has 3 nitrogen and oxygen atoms in total. The average Bonchev–Trinajstić information content (AvgIpc) is 2.18. The first-order valence-electron chi connectivity index (χ1n) is 4.23. The van der Waals surface area contributed by atoms with Crippen LogP contribution < -0.4 is 10.5 Å². The zero-order valence-corrected chi connectivity index (χ0v) is 7.96. The third-order valence-corrected chi connectivity index (χ3v) is 1.76. The van der Waals surface area contributed by atoms with Gasteiger partial charge >= 0.3 is 6.18 Å². The summed E-state index contributed by atoms with van der Waals surface area (Å²) in [5.74, 6) is -0.922. The van der Waals surface area contributed by atoms with E-state index in [1.807, 2.05) is 0 Å². The molecule has 0 amide bonds. The monoisotopic (exact) mass is 239 g/mol. The minimum Gasteiger partial charge on any atom is -0.490 e. The molecule has 0 radical (unpaired) electrons. The molecule has 0 aliphatic carbocycles. The van der Waals surface area contributed by atoms with Gasteiger partial charge in [0.2, 0.25) is 0 Å². The highest BCUT2D eigenvalue weighted by Crippen LogP contribution is 2.22. The number of hydrogen-bond donors (Lipinski definition) is 2. The quantitative estimate of drug-likeness (QED) is 0.623. The van der Waals surface area contributed by atoms with Crippen molar-refractivity contribution in [3.63, 3.8) is 0 Å². The Morgan fingerprint density at radius 2 is 2.00 bits per heavy atom. The fourth-order valence-corrected chi connectivity index (χ4v) is 0.867. The Morgan fingerprint density at radius 3 is 2.50 bits per heavy atom. The van der Waals surface area contributed by atoms with Crippen molar-refractivity contribution in [1.82, 2.24) is 0 Å². The highest BCUT2D eigenvalue weighted by atomic mass is 19.4. The van der Waals surface area contributed by atoms with Gasteiger partial charge in [-0.25, -0.2) is 4.39 Å². The first kappa shape index (κ1) is 12.6. The van der Waals surface area contributed by atoms with E-state index in [-0.39, 0.29) is 11.4 Å². The van der Waals surface area contributed by atoms with Crippen LogP contribution in [0.5, 0.6) is 5.75 Å². The second-order valence-corrected chi connectivity index (χ2v) is 3.05. The second-order valence-electron chi connectivity index (χ2n) is 3.05. The summed E-state index contributed by atoms with van der Waals surface area (Å²) in [4.78, 5) is 0. The van der Waals surface area contributed by atoms with Crippen LogP contribution in [0.1, 0.15) is 0 Å². The predicted molar refractivity (Wildman–Crippen MR) is 48.4 cm³/mol. The minimum atomic E-state index is -4.76. The lowest BCUT2D eigenvalue weighted by atomic mass is 10.3. The Bertz CT molecular complexity index is 367. The molecule has 1 rings (SSSR count). The first-order chi connectivity index (χ1) is 7.30. The smallest absolute Gasteiger partial charge is 0.417 e. The summed E-state index contributed by atoms with van der Waals surface area (Å²) < 4.78 is 53.0. The Balaban J connectivity index is 2.58. The van der Waals surface area contributed by atoms with Gasteiger partial charge in [-0.3, -0.25) is 0 Å². The normalized spacial score (nSPS) is 13.6. The summed E-state index contributed by atoms with van der Waals surface area (Å²) in [6.07, 6.45) is -7.36. The number of halogens is 4. The van der Waals surface area contributed by atoms with Gasteiger partial charge in [-0.1, -0.05) is 0 Å². The van der Waals surface area contributed by atoms with Crippen molar-refractivity contribution in [3.8, 4) is 5.75 Å². The third kappa shape index (κ3) is 3.27. The van der Waals surface area contributed by atoms with Gasteiger partial charge in [0.15, 0.2) is 6.10 Å². The van der Waals surface area contributed by atoms with E-state index in [1.165, 1.54) is 6.07 Å². The van der Waals surface area contributed by atoms with Gasteiger partial charge in [0.1, 0.15) is 18.2 Å². The summed E-state index contributed by atoms with van der Waals surface area (Å²) in [5.41, 5.74) is 5.02. The van der Waals surface area contributed by atoms with Gasteiger partial charge in [0.25, 0.3) is 0 Å². The van der Waals surface area contributed by atoms with E-state index in [1.54, 1.807) is 0 Å². The Morgan fingerprint density at radius 1 is 1.38 bits per heavy atom. The van der Waals surface area contributed by atoms with Gasteiger partial charge in [0.05, 0.1) is 5.69 Å². The van der Waals surface area contributed by atoms with Gasteiger partial charge in [-0.05, 0) is 12.1 Å². The Labute approximate surface area is 88.4 Å². The second kappa shape index (κ2) is 4.56. The van der Waals surface area contributed by atoms with Crippen molar-refractivity contribution in [2.24, 2.45) is 0 Å². The Hall–Kier alpha value is -1.50. The van der Waals surface area contributed by atoms with Crippen molar-refractivity contribution >= 4 is 5.69 Å². The van der Waals surface area contributed by atoms with E-state index < -0.39 is 24.7 Å². The maximum atomic E-state index is 12.8. The molecule has 0 aliphatic heterocycles. The molecule has 1 aromatic rings. The molecular weight excluding hydrogens is 230 g/mol. The van der Waals surface area contributed by atoms with Crippen LogP contribution in [0.25, 0.3) is 0 Å². The lowest BCUT2D eigenvalue weighted by Crippen LogP contribution is -2.34. The Kier molecular flexibility index (Phi) is 3.58. The maximum absolute atomic E-state index is 12.8. The summed E-state index contributed by atoms with van der Waals surface area (Å²) >= 11 is 0. The van der Waals surface area contributed by atoms with Crippen LogP contribution in [0.3, 0.4) is 0 Å². The van der Waals surface area contributed by atoms with Crippen molar-refractivity contribution in [2.45, 2.75) is 12.3 Å². The van der Waals surface area contributed by atoms with Crippen LogP contribution in [-0.2, 0) is 0 Å². The number of hydrogen-bond acceptors (Lipinski definition) is 3. The lowest BCUT2D eigenvalue weighted by Gasteiger charge is -2.15. The number of alkyl halides is 3. The number of aliphatic hydroxyl groups is 1. The molecule has 0 aromatic heterocycles. The summed E-state index contributed by atoms with van der Waals surface area (Å²) in [5, 5.41) is 8.60. The van der Waals surface area contributed by atoms with Crippen molar-refractivity contribution in [3.05, 3.63) is 24.0 Å². The molecule has 0 aliphatic rings. The summed E-state index contributed by atoms with van der Waals surface area (Å²) in [6, 6.07) is 3.21. The van der Waals surface area contributed by atoms with Gasteiger partial charge < -0.3 is 15.6 Å². The van der Waals surface area contributed by atoms with Crippen molar-refractivity contribution < 1.29 is 27.4 Å². The van der Waals surface area contributed by atoms with Crippen LogP contribution in [0.4, 0.5) is 23.2 Å². The van der Waals surface area contributed by atoms with Crippen LogP contribution in [0, 0.1) is 5.82 Å². The fourth-order valence-electron chi connectivity index (χ4n) is 0.867. The molecule has 0 fully saturated rings. The molecule has 0 heterocycles. The molecule has 1 aromatic carbocycles. The van der Waals surface area contributed by atoms with E-state index in [4.69, 9.17) is 10.8 Å². The highest BCUT2D eigenvalue weighted by molar-refractivity contribution is 5.43. The van der Waals surface area contributed by atoms with E-state index in [2.05, 4.69) is 4.74 Å². The molecule has 7 heteroatoms. The van der Waals surface area contributed by atoms with Crippen LogP contribution >= 0.6 is 0 Å². The molecule has 3 N–H and O–H groups in total. The van der Waals surface area contributed by atoms with Gasteiger partial charge in [-0.2, -0.15) is 13.2 Å². The third-order valence-electron chi connectivity index (χ3n) is 1.76. The molecule has 1 unspecified atom stereocenters. The predicted octanol–water partition coefficient (Wildman–Crippen LogP) is 1.71. The number of ether oxygens (including phenoxy) is 1.